The van der Waals surface area contributed by atoms with E-state index >= 15 is 0 Å². The first-order chi connectivity index (χ1) is 7.65. The second-order valence-corrected chi connectivity index (χ2v) is 3.70. The molecule has 1 aromatic rings. The molecule has 1 aromatic heterocycles. The third kappa shape index (κ3) is 2.24. The summed E-state index contributed by atoms with van der Waals surface area (Å²) in [5.74, 6) is 0.0950. The van der Waals surface area contributed by atoms with Gasteiger partial charge in [0.05, 0.1) is 11.1 Å². The summed E-state index contributed by atoms with van der Waals surface area (Å²) in [6.07, 6.45) is 2.47. The van der Waals surface area contributed by atoms with Crippen LogP contribution in [0.1, 0.15) is 36.5 Å². The van der Waals surface area contributed by atoms with Crippen molar-refractivity contribution in [3.05, 3.63) is 21.8 Å². The van der Waals surface area contributed by atoms with E-state index in [1.165, 1.54) is 0 Å². The van der Waals surface area contributed by atoms with E-state index in [2.05, 4.69) is 4.98 Å². The van der Waals surface area contributed by atoms with Crippen LogP contribution in [-0.2, 0) is 6.42 Å². The standard InChI is InChI=1S/C11H11ClN4/c1-2-3-4-7-8(5-13)10(12)16-11(15)9(7)6-14/h2-4H2,1H3,(H2,15,16). The summed E-state index contributed by atoms with van der Waals surface area (Å²) in [4.78, 5) is 3.78. The molecule has 0 saturated heterocycles. The fraction of sp³-hybridized carbons (Fsp3) is 0.364. The molecule has 0 aromatic carbocycles. The van der Waals surface area contributed by atoms with Crippen LogP contribution >= 0.6 is 11.6 Å². The minimum absolute atomic E-state index is 0.0742. The maximum Gasteiger partial charge on any atom is 0.149 e. The summed E-state index contributed by atoms with van der Waals surface area (Å²) < 4.78 is 0. The molecular weight excluding hydrogens is 224 g/mol. The molecule has 16 heavy (non-hydrogen) atoms. The van der Waals surface area contributed by atoms with Gasteiger partial charge in [-0.1, -0.05) is 24.9 Å². The number of nitrogens with zero attached hydrogens (tertiary/aromatic N) is 3. The van der Waals surface area contributed by atoms with Crippen molar-refractivity contribution in [3.8, 4) is 12.1 Å². The zero-order chi connectivity index (χ0) is 12.1. The van der Waals surface area contributed by atoms with E-state index in [-0.39, 0.29) is 22.1 Å². The number of nitrogen functional groups attached to an aromatic ring is 1. The lowest BCUT2D eigenvalue weighted by molar-refractivity contribution is 0.791. The lowest BCUT2D eigenvalue weighted by Crippen LogP contribution is -2.04. The summed E-state index contributed by atoms with van der Waals surface area (Å²) in [5, 5.41) is 18.0. The fourth-order valence-electron chi connectivity index (χ4n) is 1.46. The minimum atomic E-state index is 0.0742. The second kappa shape index (κ2) is 5.34. The van der Waals surface area contributed by atoms with Gasteiger partial charge in [-0.05, 0) is 18.4 Å². The van der Waals surface area contributed by atoms with Crippen LogP contribution in [-0.4, -0.2) is 4.98 Å². The molecule has 5 heteroatoms. The smallest absolute Gasteiger partial charge is 0.149 e. The van der Waals surface area contributed by atoms with Crippen LogP contribution in [0.15, 0.2) is 0 Å². The van der Waals surface area contributed by atoms with Crippen molar-refractivity contribution in [2.45, 2.75) is 26.2 Å². The number of unbranched alkanes of at least 4 members (excludes halogenated alkanes) is 1. The van der Waals surface area contributed by atoms with Gasteiger partial charge in [0, 0.05) is 0 Å². The Morgan fingerprint density at radius 2 is 1.94 bits per heavy atom. The molecule has 0 aliphatic heterocycles. The molecule has 0 fully saturated rings. The average Bonchev–Trinajstić information content (AvgIpc) is 2.26. The molecular formula is C11H11ClN4. The summed E-state index contributed by atoms with van der Waals surface area (Å²) in [6.45, 7) is 2.03. The van der Waals surface area contributed by atoms with Crippen molar-refractivity contribution in [2.24, 2.45) is 0 Å². The highest BCUT2D eigenvalue weighted by atomic mass is 35.5. The van der Waals surface area contributed by atoms with Crippen LogP contribution in [0.25, 0.3) is 0 Å². The van der Waals surface area contributed by atoms with Gasteiger partial charge in [0.15, 0.2) is 0 Å². The van der Waals surface area contributed by atoms with E-state index in [0.717, 1.165) is 12.8 Å². The van der Waals surface area contributed by atoms with Crippen LogP contribution < -0.4 is 5.73 Å². The zero-order valence-electron chi connectivity index (χ0n) is 8.92. The van der Waals surface area contributed by atoms with Gasteiger partial charge in [0.25, 0.3) is 0 Å². The Morgan fingerprint density at radius 3 is 2.44 bits per heavy atom. The van der Waals surface area contributed by atoms with Crippen molar-refractivity contribution >= 4 is 17.4 Å². The Bertz CT molecular complexity index is 444. The van der Waals surface area contributed by atoms with E-state index in [0.29, 0.717) is 12.0 Å². The molecule has 1 heterocycles. The van der Waals surface area contributed by atoms with Crippen molar-refractivity contribution in [1.29, 1.82) is 10.5 Å². The highest BCUT2D eigenvalue weighted by Gasteiger charge is 2.16. The quantitative estimate of drug-likeness (QED) is 0.814. The lowest BCUT2D eigenvalue weighted by Gasteiger charge is -2.08. The van der Waals surface area contributed by atoms with E-state index in [9.17, 15) is 0 Å². The maximum absolute atomic E-state index is 8.99. The first-order valence-electron chi connectivity index (χ1n) is 4.93. The molecule has 0 bridgehead atoms. The van der Waals surface area contributed by atoms with Gasteiger partial charge in [0.1, 0.15) is 23.1 Å². The second-order valence-electron chi connectivity index (χ2n) is 3.34. The molecule has 0 unspecified atom stereocenters. The molecule has 0 amide bonds. The molecule has 0 atom stereocenters. The third-order valence-electron chi connectivity index (χ3n) is 2.29. The molecule has 4 nitrogen and oxygen atoms in total. The van der Waals surface area contributed by atoms with E-state index in [4.69, 9.17) is 27.9 Å². The van der Waals surface area contributed by atoms with E-state index in [1.807, 2.05) is 19.1 Å². The van der Waals surface area contributed by atoms with Crippen molar-refractivity contribution in [2.75, 3.05) is 5.73 Å². The topological polar surface area (TPSA) is 86.5 Å². The van der Waals surface area contributed by atoms with Gasteiger partial charge >= 0.3 is 0 Å². The predicted molar refractivity (Wildman–Crippen MR) is 61.7 cm³/mol. The number of anilines is 1. The van der Waals surface area contributed by atoms with Crippen LogP contribution in [0, 0.1) is 22.7 Å². The van der Waals surface area contributed by atoms with Crippen molar-refractivity contribution in [3.63, 3.8) is 0 Å². The Kier molecular flexibility index (Phi) is 4.10. The first-order valence-corrected chi connectivity index (χ1v) is 5.31. The van der Waals surface area contributed by atoms with Crippen LogP contribution in [0.3, 0.4) is 0 Å². The highest BCUT2D eigenvalue weighted by Crippen LogP contribution is 2.26. The molecule has 0 aliphatic carbocycles. The van der Waals surface area contributed by atoms with Crippen LogP contribution in [0.5, 0.6) is 0 Å². The number of rotatable bonds is 3. The van der Waals surface area contributed by atoms with Gasteiger partial charge in [0.2, 0.25) is 0 Å². The van der Waals surface area contributed by atoms with Crippen molar-refractivity contribution < 1.29 is 0 Å². The summed E-state index contributed by atoms with van der Waals surface area (Å²) in [7, 11) is 0. The fourth-order valence-corrected chi connectivity index (χ4v) is 1.71. The van der Waals surface area contributed by atoms with Crippen LogP contribution in [0.2, 0.25) is 5.15 Å². The van der Waals surface area contributed by atoms with Crippen LogP contribution in [0.4, 0.5) is 5.82 Å². The number of nitrogens with two attached hydrogens (primary N) is 1. The Hall–Kier alpha value is -1.78. The molecule has 0 saturated carbocycles. The molecule has 0 radical (unpaired) electrons. The number of hydrogen-bond acceptors (Lipinski definition) is 4. The van der Waals surface area contributed by atoms with Crippen molar-refractivity contribution in [1.82, 2.24) is 4.98 Å². The molecule has 1 rings (SSSR count). The first kappa shape index (κ1) is 12.3. The highest BCUT2D eigenvalue weighted by molar-refractivity contribution is 6.30. The largest absolute Gasteiger partial charge is 0.383 e. The Labute approximate surface area is 99.3 Å². The predicted octanol–water partition coefficient (Wildman–Crippen LogP) is 2.40. The summed E-state index contributed by atoms with van der Waals surface area (Å²) >= 11 is 5.82. The SMILES string of the molecule is CCCCc1c(C#N)c(N)nc(Cl)c1C#N. The summed E-state index contributed by atoms with van der Waals surface area (Å²) in [6, 6.07) is 3.95. The third-order valence-corrected chi connectivity index (χ3v) is 2.56. The van der Waals surface area contributed by atoms with Gasteiger partial charge < -0.3 is 5.73 Å². The molecule has 2 N–H and O–H groups in total. The monoisotopic (exact) mass is 234 g/mol. The van der Waals surface area contributed by atoms with E-state index < -0.39 is 0 Å². The lowest BCUT2D eigenvalue weighted by atomic mass is 9.99. The van der Waals surface area contributed by atoms with Gasteiger partial charge in [-0.2, -0.15) is 10.5 Å². The number of hydrogen-bond donors (Lipinski definition) is 1. The normalized spacial score (nSPS) is 9.50. The zero-order valence-corrected chi connectivity index (χ0v) is 9.67. The number of nitriles is 2. The van der Waals surface area contributed by atoms with Gasteiger partial charge in [-0.3, -0.25) is 0 Å². The van der Waals surface area contributed by atoms with E-state index in [1.54, 1.807) is 0 Å². The Balaban J connectivity index is 3.40. The average molecular weight is 235 g/mol. The number of halogens is 1. The number of aromatic nitrogens is 1. The Morgan fingerprint density at radius 1 is 1.31 bits per heavy atom. The molecule has 82 valence electrons. The minimum Gasteiger partial charge on any atom is -0.383 e. The van der Waals surface area contributed by atoms with Gasteiger partial charge in [-0.15, -0.1) is 0 Å². The molecule has 0 aliphatic rings. The maximum atomic E-state index is 8.99. The summed E-state index contributed by atoms with van der Waals surface area (Å²) in [5.41, 5.74) is 6.75. The number of pyridine rings is 1. The van der Waals surface area contributed by atoms with Gasteiger partial charge in [-0.25, -0.2) is 4.98 Å². The molecule has 0 spiro atoms.